The highest BCUT2D eigenvalue weighted by atomic mass is 19.4. The summed E-state index contributed by atoms with van der Waals surface area (Å²) in [6.07, 6.45) is 4.48. The summed E-state index contributed by atoms with van der Waals surface area (Å²) >= 11 is 0. The summed E-state index contributed by atoms with van der Waals surface area (Å²) in [6, 6.07) is 9.98. The molecule has 1 unspecified atom stereocenters. The number of rotatable bonds is 7. The largest absolute Gasteiger partial charge is 0.405 e. The molecule has 3 heterocycles. The quantitative estimate of drug-likeness (QED) is 0.363. The Balaban J connectivity index is 1.50. The van der Waals surface area contributed by atoms with E-state index in [4.69, 9.17) is 5.41 Å². The van der Waals surface area contributed by atoms with Gasteiger partial charge in [0.05, 0.1) is 11.9 Å². The number of hydrogen-bond acceptors (Lipinski definition) is 5. The van der Waals surface area contributed by atoms with E-state index in [1.807, 2.05) is 35.0 Å². The molecule has 8 nitrogen and oxygen atoms in total. The number of alkyl halides is 3. The number of carbonyl (C=O) groups is 1. The number of urea groups is 1. The van der Waals surface area contributed by atoms with Crippen LogP contribution in [0.3, 0.4) is 0 Å². The molecule has 1 fully saturated rings. The number of fused-ring (bicyclic) bond motifs is 1. The highest BCUT2D eigenvalue weighted by molar-refractivity contribution is 6.08. The average Bonchev–Trinajstić information content (AvgIpc) is 3.26. The number of carbonyl (C=O) groups excluding carboxylic acids is 1. The highest BCUT2D eigenvalue weighted by Gasteiger charge is 2.27. The molecule has 1 saturated heterocycles. The third-order valence-corrected chi connectivity index (χ3v) is 5.97. The number of aromatic nitrogens is 2. The van der Waals surface area contributed by atoms with E-state index in [9.17, 15) is 18.0 Å². The molecular formula is C25H28F3N7O. The lowest BCUT2D eigenvalue weighted by atomic mass is 10.1. The first-order valence-electron chi connectivity index (χ1n) is 11.6. The van der Waals surface area contributed by atoms with Gasteiger partial charge in [-0.2, -0.15) is 13.2 Å². The molecule has 1 atom stereocenters. The molecule has 11 heteroatoms. The molecule has 0 bridgehead atoms. The number of likely N-dealkylation sites (tertiary alicyclic amines) is 1. The molecule has 190 valence electrons. The summed E-state index contributed by atoms with van der Waals surface area (Å²) < 4.78 is 38.8. The van der Waals surface area contributed by atoms with E-state index in [1.54, 1.807) is 29.7 Å². The third-order valence-electron chi connectivity index (χ3n) is 5.97. The monoisotopic (exact) mass is 499 g/mol. The second kappa shape index (κ2) is 10.8. The number of benzene rings is 1. The molecule has 1 aliphatic rings. The Bertz CT molecular complexity index is 1270. The van der Waals surface area contributed by atoms with Gasteiger partial charge in [0.15, 0.2) is 0 Å². The van der Waals surface area contributed by atoms with Crippen LogP contribution < -0.4 is 16.0 Å². The van der Waals surface area contributed by atoms with Gasteiger partial charge in [0.2, 0.25) is 0 Å². The van der Waals surface area contributed by atoms with E-state index < -0.39 is 18.8 Å². The van der Waals surface area contributed by atoms with E-state index in [2.05, 4.69) is 27.6 Å². The van der Waals surface area contributed by atoms with E-state index >= 15 is 0 Å². The topological polar surface area (TPSA) is 97.5 Å². The normalized spacial score (nSPS) is 17.1. The summed E-state index contributed by atoms with van der Waals surface area (Å²) in [5, 5.41) is 15.5. The lowest BCUT2D eigenvalue weighted by Crippen LogP contribution is -2.42. The number of hydrogen-bond donors (Lipinski definition) is 4. The van der Waals surface area contributed by atoms with Crippen molar-refractivity contribution < 1.29 is 18.0 Å². The van der Waals surface area contributed by atoms with E-state index in [1.165, 1.54) is 6.21 Å². The number of imidazole rings is 1. The number of anilines is 1. The molecule has 4 N–H and O–H groups in total. The fourth-order valence-electron chi connectivity index (χ4n) is 4.20. The highest BCUT2D eigenvalue weighted by Crippen LogP contribution is 2.25. The molecule has 3 aromatic rings. The zero-order chi connectivity index (χ0) is 25.7. The number of halogens is 3. The molecule has 2 aromatic heterocycles. The molecule has 36 heavy (non-hydrogen) atoms. The van der Waals surface area contributed by atoms with Gasteiger partial charge in [-0.1, -0.05) is 12.1 Å². The summed E-state index contributed by atoms with van der Waals surface area (Å²) in [7, 11) is 2.10. The molecule has 0 saturated carbocycles. The van der Waals surface area contributed by atoms with E-state index in [0.717, 1.165) is 48.3 Å². The average molecular weight is 500 g/mol. The van der Waals surface area contributed by atoms with Gasteiger partial charge in [0.1, 0.15) is 12.2 Å². The Kier molecular flexibility index (Phi) is 7.58. The fraction of sp³-hybridized carbons (Fsp3) is 0.320. The van der Waals surface area contributed by atoms with Crippen LogP contribution >= 0.6 is 0 Å². The van der Waals surface area contributed by atoms with Crippen molar-refractivity contribution in [3.05, 3.63) is 60.6 Å². The van der Waals surface area contributed by atoms with Gasteiger partial charge in [-0.05, 0) is 56.3 Å². The van der Waals surface area contributed by atoms with Crippen LogP contribution in [0.4, 0.5) is 23.7 Å². The summed E-state index contributed by atoms with van der Waals surface area (Å²) in [5.74, 6) is 0. The molecule has 1 aliphatic heterocycles. The number of pyridine rings is 1. The Morgan fingerprint density at radius 3 is 2.86 bits per heavy atom. The van der Waals surface area contributed by atoms with Crippen molar-refractivity contribution in [2.75, 3.05) is 32.0 Å². The second-order valence-electron chi connectivity index (χ2n) is 8.80. The van der Waals surface area contributed by atoms with Crippen LogP contribution in [-0.4, -0.2) is 65.4 Å². The lowest BCUT2D eigenvalue weighted by molar-refractivity contribution is -0.122. The van der Waals surface area contributed by atoms with Gasteiger partial charge in [-0.15, -0.1) is 0 Å². The number of likely N-dealkylation sites (N-methyl/N-ethyl adjacent to an activating group) is 1. The molecular weight excluding hydrogens is 471 g/mol. The first kappa shape index (κ1) is 25.2. The molecule has 0 aliphatic carbocycles. The Hall–Kier alpha value is -3.86. The van der Waals surface area contributed by atoms with Gasteiger partial charge in [-0.25, -0.2) is 9.78 Å². The van der Waals surface area contributed by atoms with Crippen molar-refractivity contribution >= 4 is 29.2 Å². The Labute approximate surface area is 206 Å². The van der Waals surface area contributed by atoms with Crippen molar-refractivity contribution in [1.82, 2.24) is 24.9 Å². The first-order valence-corrected chi connectivity index (χ1v) is 11.6. The Morgan fingerprint density at radius 2 is 2.11 bits per heavy atom. The molecule has 0 spiro atoms. The van der Waals surface area contributed by atoms with Crippen molar-refractivity contribution in [3.8, 4) is 11.3 Å². The standard InChI is InChI=1S/C25H28F3N7O/c1-34-8-3-6-21(15-34)30-13-19(12-29)17-7-9-35-22(14-31-23(35)11-17)18-4-2-5-20(10-18)33-24(36)32-16-25(26,27)28/h2,4-5,7,9-14,21,29-30H,3,6,8,15-16H2,1H3,(H2,32,33,36)/b19-13+,29-12?. The molecule has 4 rings (SSSR count). The minimum absolute atomic E-state index is 0.344. The maximum atomic E-state index is 12.3. The van der Waals surface area contributed by atoms with Gasteiger partial charge in [0.25, 0.3) is 0 Å². The van der Waals surface area contributed by atoms with Gasteiger partial charge < -0.3 is 26.3 Å². The minimum Gasteiger partial charge on any atom is -0.386 e. The maximum Gasteiger partial charge on any atom is 0.405 e. The zero-order valence-electron chi connectivity index (χ0n) is 19.8. The maximum absolute atomic E-state index is 12.3. The Morgan fingerprint density at radius 1 is 1.28 bits per heavy atom. The van der Waals surface area contributed by atoms with Crippen molar-refractivity contribution in [2.45, 2.75) is 25.1 Å². The number of nitrogens with one attached hydrogen (secondary N) is 4. The van der Waals surface area contributed by atoms with Crippen LogP contribution in [0, 0.1) is 5.41 Å². The molecule has 2 amide bonds. The lowest BCUT2D eigenvalue weighted by Gasteiger charge is -2.30. The summed E-state index contributed by atoms with van der Waals surface area (Å²) in [5.41, 5.74) is 4.10. The van der Waals surface area contributed by atoms with E-state index in [0.29, 0.717) is 17.4 Å². The fourth-order valence-corrected chi connectivity index (χ4v) is 4.20. The number of piperidine rings is 1. The van der Waals surface area contributed by atoms with Crippen LogP contribution in [0.15, 0.2) is 55.0 Å². The summed E-state index contributed by atoms with van der Waals surface area (Å²) in [6.45, 7) is 0.651. The van der Waals surface area contributed by atoms with Crippen LogP contribution in [0.2, 0.25) is 0 Å². The predicted octanol–water partition coefficient (Wildman–Crippen LogP) is 4.36. The summed E-state index contributed by atoms with van der Waals surface area (Å²) in [4.78, 5) is 18.6. The van der Waals surface area contributed by atoms with Crippen LogP contribution in [0.5, 0.6) is 0 Å². The van der Waals surface area contributed by atoms with Gasteiger partial charge >= 0.3 is 12.2 Å². The van der Waals surface area contributed by atoms with Crippen molar-refractivity contribution in [2.24, 2.45) is 0 Å². The molecule has 0 radical (unpaired) electrons. The second-order valence-corrected chi connectivity index (χ2v) is 8.80. The number of nitrogens with zero attached hydrogens (tertiary/aromatic N) is 3. The predicted molar refractivity (Wildman–Crippen MR) is 134 cm³/mol. The van der Waals surface area contributed by atoms with Crippen molar-refractivity contribution in [3.63, 3.8) is 0 Å². The van der Waals surface area contributed by atoms with Crippen LogP contribution in [-0.2, 0) is 0 Å². The van der Waals surface area contributed by atoms with Gasteiger partial charge in [-0.3, -0.25) is 4.40 Å². The zero-order valence-corrected chi connectivity index (χ0v) is 19.8. The SMILES string of the molecule is CN1CCCC(N/C=C(\C=N)c2ccn3c(-c4cccc(NC(=O)NCC(F)(F)F)c4)cnc3c2)C1. The first-order chi connectivity index (χ1) is 17.2. The minimum atomic E-state index is -4.48. The van der Waals surface area contributed by atoms with E-state index in [-0.39, 0.29) is 0 Å². The van der Waals surface area contributed by atoms with Gasteiger partial charge in [0, 0.05) is 48.0 Å². The molecule has 1 aromatic carbocycles. The van der Waals surface area contributed by atoms with Crippen LogP contribution in [0.25, 0.3) is 22.5 Å². The third kappa shape index (κ3) is 6.42. The smallest absolute Gasteiger partial charge is 0.386 e. The number of amides is 2. The van der Waals surface area contributed by atoms with Crippen molar-refractivity contribution in [1.29, 1.82) is 5.41 Å². The van der Waals surface area contributed by atoms with Crippen LogP contribution in [0.1, 0.15) is 18.4 Å². The number of allylic oxidation sites excluding steroid dienone is 1.